The number of esters is 1. The molecule has 17 nitrogen and oxygen atoms in total. The molecular formula is C60H89N5O12. The van der Waals surface area contributed by atoms with E-state index < -0.39 is 83.9 Å². The number of aliphatic hydroxyl groups is 2. The second-order valence-corrected chi connectivity index (χ2v) is 23.8. The van der Waals surface area contributed by atoms with E-state index in [0.717, 1.165) is 12.0 Å². The number of phenols is 1. The van der Waals surface area contributed by atoms with Crippen LogP contribution in [0.1, 0.15) is 139 Å². The Labute approximate surface area is 456 Å². The largest absolute Gasteiger partial charge is 0.508 e. The molecule has 4 amide bonds. The lowest BCUT2D eigenvalue weighted by atomic mass is 9.69. The summed E-state index contributed by atoms with van der Waals surface area (Å²) >= 11 is 0. The van der Waals surface area contributed by atoms with E-state index >= 15 is 0 Å². The third-order valence-corrected chi connectivity index (χ3v) is 17.7. The first-order chi connectivity index (χ1) is 36.5. The summed E-state index contributed by atoms with van der Waals surface area (Å²) in [6, 6.07) is 3.48. The van der Waals surface area contributed by atoms with E-state index in [-0.39, 0.29) is 78.1 Å². The fraction of sp³-hybridized carbons (Fsp3) is 0.683. The molecule has 1 aromatic rings. The number of carbonyl (C=O) groups excluding carboxylic acids is 5. The summed E-state index contributed by atoms with van der Waals surface area (Å²) in [6.45, 7) is 19.7. The number of ether oxygens (including phenoxy) is 4. The molecular weight excluding hydrogens is 983 g/mol. The smallest absolute Gasteiger partial charge is 0.325 e. The summed E-state index contributed by atoms with van der Waals surface area (Å²) in [5, 5.41) is 43.7. The molecule has 5 bridgehead atoms. The van der Waals surface area contributed by atoms with Gasteiger partial charge in [-0.25, -0.2) is 5.43 Å². The lowest BCUT2D eigenvalue weighted by Crippen LogP contribution is -2.71. The van der Waals surface area contributed by atoms with Crippen LogP contribution in [0, 0.1) is 47.3 Å². The number of aromatic hydroxyl groups is 1. The number of carbonyl (C=O) groups is 5. The van der Waals surface area contributed by atoms with Gasteiger partial charge in [0, 0.05) is 61.8 Å². The number of amides is 4. The molecule has 3 unspecified atom stereocenters. The van der Waals surface area contributed by atoms with Gasteiger partial charge in [0.15, 0.2) is 5.79 Å². The van der Waals surface area contributed by atoms with Gasteiger partial charge in [-0.1, -0.05) is 110 Å². The van der Waals surface area contributed by atoms with Crippen molar-refractivity contribution in [1.82, 2.24) is 26.4 Å². The van der Waals surface area contributed by atoms with E-state index in [1.807, 2.05) is 105 Å². The number of allylic oxidation sites excluding steroid dienone is 5. The zero-order valence-corrected chi connectivity index (χ0v) is 47.1. The average molecular weight is 1070 g/mol. The molecule has 6 aliphatic heterocycles. The molecule has 77 heavy (non-hydrogen) atoms. The molecule has 1 aromatic carbocycles. The van der Waals surface area contributed by atoms with Crippen LogP contribution in [-0.4, -0.2) is 123 Å². The monoisotopic (exact) mass is 1070 g/mol. The van der Waals surface area contributed by atoms with Crippen LogP contribution in [0.3, 0.4) is 0 Å². The molecule has 5 fully saturated rings. The van der Waals surface area contributed by atoms with E-state index in [1.165, 1.54) is 17.1 Å². The molecule has 5 saturated heterocycles. The molecule has 6 aliphatic rings. The number of hydrazine groups is 1. The Morgan fingerprint density at radius 1 is 0.961 bits per heavy atom. The number of hydrogen-bond donors (Lipinski definition) is 7. The summed E-state index contributed by atoms with van der Waals surface area (Å²) in [5.74, 6) is -4.70. The maximum absolute atomic E-state index is 14.6. The van der Waals surface area contributed by atoms with Crippen molar-refractivity contribution in [2.24, 2.45) is 47.3 Å². The van der Waals surface area contributed by atoms with Gasteiger partial charge in [0.25, 0.3) is 5.91 Å². The number of benzene rings is 1. The van der Waals surface area contributed by atoms with Crippen LogP contribution in [-0.2, 0) is 49.3 Å². The van der Waals surface area contributed by atoms with Gasteiger partial charge in [0.1, 0.15) is 35.7 Å². The molecule has 0 saturated carbocycles. The summed E-state index contributed by atoms with van der Waals surface area (Å²) < 4.78 is 26.0. The van der Waals surface area contributed by atoms with Gasteiger partial charge in [0.2, 0.25) is 17.7 Å². The Morgan fingerprint density at radius 3 is 2.45 bits per heavy atom. The average Bonchev–Trinajstić information content (AvgIpc) is 3.40. The summed E-state index contributed by atoms with van der Waals surface area (Å²) in [4.78, 5) is 70.4. The van der Waals surface area contributed by atoms with Crippen molar-refractivity contribution in [1.29, 1.82) is 0 Å². The Kier molecular flexibility index (Phi) is 20.1. The van der Waals surface area contributed by atoms with E-state index in [9.17, 15) is 39.3 Å². The highest BCUT2D eigenvalue weighted by Gasteiger charge is 2.57. The summed E-state index contributed by atoms with van der Waals surface area (Å²) in [6.07, 6.45) is 15.4. The number of rotatable bonds is 12. The molecule has 18 atom stereocenters. The lowest BCUT2D eigenvalue weighted by molar-refractivity contribution is -0.344. The van der Waals surface area contributed by atoms with Crippen LogP contribution >= 0.6 is 0 Å². The van der Waals surface area contributed by atoms with Gasteiger partial charge in [-0.05, 0) is 93.9 Å². The second-order valence-electron chi connectivity index (χ2n) is 23.8. The molecule has 1 spiro atoms. The summed E-state index contributed by atoms with van der Waals surface area (Å²) in [7, 11) is 0. The molecule has 0 aromatic heterocycles. The predicted molar refractivity (Wildman–Crippen MR) is 291 cm³/mol. The van der Waals surface area contributed by atoms with E-state index in [4.69, 9.17) is 18.9 Å². The van der Waals surface area contributed by atoms with Gasteiger partial charge < -0.3 is 50.2 Å². The third kappa shape index (κ3) is 14.1. The number of hydrogen-bond acceptors (Lipinski definition) is 13. The first kappa shape index (κ1) is 59.7. The highest BCUT2D eigenvalue weighted by atomic mass is 16.7. The first-order valence-corrected chi connectivity index (χ1v) is 28.6. The fourth-order valence-electron chi connectivity index (χ4n) is 12.4. The molecule has 0 radical (unpaired) electrons. The SMILES string of the molecule is CC[C@H]1C[C@H](C)[C@@]2(NC1=O)O[C@@H](C[C@H](O)[C@@H](C)CC/C=C/C=C(\C)C1C/C=C/C=C/[C@@H]3OC4(C)CC[C@@H](C(=O)N[C@@H](C(C)C)C(=O)NC(Cc5cccc(O)c5)C(=O)N5CCC[C@H](N5)C(=O)O1)[C@H](O4)[C@H]3C)[C@H](C)[C@H](O)[C@@H]2C. The minimum absolute atomic E-state index is 0.00505. The molecule has 426 valence electrons. The first-order valence-electron chi connectivity index (χ1n) is 28.6. The van der Waals surface area contributed by atoms with Crippen molar-refractivity contribution in [2.45, 2.75) is 206 Å². The quantitative estimate of drug-likeness (QED) is 0.0864. The van der Waals surface area contributed by atoms with Crippen LogP contribution in [0.25, 0.3) is 0 Å². The predicted octanol–water partition coefficient (Wildman–Crippen LogP) is 6.61. The zero-order chi connectivity index (χ0) is 55.9. The summed E-state index contributed by atoms with van der Waals surface area (Å²) in [5.41, 5.74) is 3.50. The van der Waals surface area contributed by atoms with Crippen molar-refractivity contribution in [3.05, 3.63) is 77.9 Å². The van der Waals surface area contributed by atoms with E-state index in [2.05, 4.69) is 28.3 Å². The Balaban J connectivity index is 1.07. The normalized spacial score (nSPS) is 38.5. The zero-order valence-electron chi connectivity index (χ0n) is 47.1. The maximum Gasteiger partial charge on any atom is 0.325 e. The number of nitrogens with zero attached hydrogens (tertiary/aromatic N) is 1. The van der Waals surface area contributed by atoms with Gasteiger partial charge in [-0.2, -0.15) is 0 Å². The molecule has 0 aliphatic carbocycles. The highest BCUT2D eigenvalue weighted by Crippen LogP contribution is 2.47. The number of aliphatic hydroxyl groups excluding tert-OH is 2. The van der Waals surface area contributed by atoms with Gasteiger partial charge in [-0.3, -0.25) is 29.0 Å². The number of piperidine rings is 1. The lowest BCUT2D eigenvalue weighted by Gasteiger charge is -2.56. The van der Waals surface area contributed by atoms with Crippen molar-refractivity contribution in [3.8, 4) is 5.75 Å². The fourth-order valence-corrected chi connectivity index (χ4v) is 12.4. The van der Waals surface area contributed by atoms with Crippen LogP contribution in [0.15, 0.2) is 72.4 Å². The topological polar surface area (TPSA) is 234 Å². The number of cyclic esters (lactones) is 1. The van der Waals surface area contributed by atoms with E-state index in [1.54, 1.807) is 12.1 Å². The van der Waals surface area contributed by atoms with Gasteiger partial charge in [-0.15, -0.1) is 0 Å². The number of phenolic OH excluding ortho intramolecular Hbond substituents is 1. The standard InChI is InChI=1S/C60H89N5O12/c1-11-42-30-37(6)60(63-54(42)69)40(9)52(68)38(7)50(76-60)33-47(67)35(4)20-14-12-15-21-36(5)48-25-16-13-17-26-49-39(8)53-44(27-28-59(10,75-49)77-53)55(70)62-51(34(2)3)56(71)61-46(32-41-22-18-23-43(66)31-41)57(72)65-29-19-24-45(64-65)58(73)74-48/h12-13,15-18,21-23,26,31,34-35,37-40,42,44-53,64,66-68H,11,14,19-20,24-25,27-30,32-33H2,1-10H3,(H,61,71)(H,62,70)(H,63,69)/b15-12+,16-13+,26-17+,36-21+/t35-,37-,38-,39-,40-,42-,44+,45-,46?,47-,48?,49-,50-,51-,52-,53+,59?,60+/m0/s1. The maximum atomic E-state index is 14.6. The van der Waals surface area contributed by atoms with Crippen molar-refractivity contribution < 1.29 is 58.2 Å². The van der Waals surface area contributed by atoms with Crippen LogP contribution in [0.4, 0.5) is 0 Å². The van der Waals surface area contributed by atoms with Crippen molar-refractivity contribution >= 4 is 29.6 Å². The Morgan fingerprint density at radius 2 is 1.73 bits per heavy atom. The Bertz CT molecular complexity index is 2370. The van der Waals surface area contributed by atoms with E-state index in [0.29, 0.717) is 63.4 Å². The molecule has 7 N–H and O–H groups in total. The molecule has 6 heterocycles. The van der Waals surface area contributed by atoms with Crippen LogP contribution in [0.2, 0.25) is 0 Å². The highest BCUT2D eigenvalue weighted by molar-refractivity contribution is 5.93. The minimum atomic E-state index is -1.13. The second kappa shape index (κ2) is 25.9. The van der Waals surface area contributed by atoms with Crippen molar-refractivity contribution in [2.75, 3.05) is 6.54 Å². The number of fused-ring (bicyclic) bond motifs is 4. The van der Waals surface area contributed by atoms with Gasteiger partial charge in [0.05, 0.1) is 36.4 Å². The van der Waals surface area contributed by atoms with Crippen LogP contribution < -0.4 is 21.4 Å². The van der Waals surface area contributed by atoms with Crippen molar-refractivity contribution in [3.63, 3.8) is 0 Å². The minimum Gasteiger partial charge on any atom is -0.508 e. The molecule has 7 rings (SSSR count). The third-order valence-electron chi connectivity index (χ3n) is 17.7. The number of nitrogens with one attached hydrogen (secondary N) is 4. The molecule has 17 heteroatoms. The Hall–Kier alpha value is -4.91. The van der Waals surface area contributed by atoms with Crippen LogP contribution in [0.5, 0.6) is 5.75 Å². The van der Waals surface area contributed by atoms with Gasteiger partial charge >= 0.3 is 5.97 Å².